The van der Waals surface area contributed by atoms with Crippen LogP contribution in [0.3, 0.4) is 0 Å². The predicted molar refractivity (Wildman–Crippen MR) is 47.6 cm³/mol. The Morgan fingerprint density at radius 1 is 1.33 bits per heavy atom. The summed E-state index contributed by atoms with van der Waals surface area (Å²) in [4.78, 5) is 10.3. The molecule has 1 aliphatic rings. The Balaban J connectivity index is 2.31. The van der Waals surface area contributed by atoms with Crippen LogP contribution in [0, 0.1) is 5.92 Å². The number of aliphatic carboxylic acids is 1. The topological polar surface area (TPSA) is 77.8 Å². The second-order valence-electron chi connectivity index (χ2n) is 3.25. The molecule has 1 fully saturated rings. The second kappa shape index (κ2) is 3.64. The van der Waals surface area contributed by atoms with Crippen LogP contribution in [0.2, 0.25) is 0 Å². The van der Waals surface area contributed by atoms with E-state index in [9.17, 15) is 13.9 Å². The van der Waals surface area contributed by atoms with Gasteiger partial charge in [-0.1, -0.05) is 0 Å². The van der Waals surface area contributed by atoms with Crippen molar-refractivity contribution in [3.05, 3.63) is 0 Å². The first-order chi connectivity index (χ1) is 5.49. The van der Waals surface area contributed by atoms with E-state index in [0.717, 1.165) is 0 Å². The van der Waals surface area contributed by atoms with Crippen LogP contribution in [0.4, 0.5) is 0 Å². The van der Waals surface area contributed by atoms with Gasteiger partial charge in [-0.05, 0) is 18.8 Å². The van der Waals surface area contributed by atoms with Gasteiger partial charge in [0.15, 0.2) is 0 Å². The molecule has 0 aromatic heterocycles. The maximum atomic E-state index is 10.3. The zero-order chi connectivity index (χ0) is 9.19. The molecule has 1 saturated heterocycles. The zero-order valence-corrected chi connectivity index (χ0v) is 7.59. The summed E-state index contributed by atoms with van der Waals surface area (Å²) >= 11 is 0. The molecule has 1 rings (SSSR count). The molecule has 0 aromatic carbocycles. The summed E-state index contributed by atoms with van der Waals surface area (Å²) in [6, 6.07) is 0. The van der Waals surface area contributed by atoms with E-state index in [1.54, 1.807) is 0 Å². The van der Waals surface area contributed by atoms with Crippen LogP contribution in [0.5, 0.6) is 0 Å². The lowest BCUT2D eigenvalue weighted by atomic mass is 9.99. The minimum atomic E-state index is -2.34. The normalized spacial score (nSPS) is 26.5. The molecular weight excluding hydrogens is 180 g/mol. The molecule has 3 N–H and O–H groups in total. The molecular formula is C7H14O4S. The predicted octanol–water partition coefficient (Wildman–Crippen LogP) is 1.62. The van der Waals surface area contributed by atoms with E-state index in [0.29, 0.717) is 24.3 Å². The van der Waals surface area contributed by atoms with Crippen LogP contribution in [0.25, 0.3) is 0 Å². The maximum absolute atomic E-state index is 10.3. The molecule has 0 unspecified atom stereocenters. The molecule has 0 amide bonds. The van der Waals surface area contributed by atoms with E-state index in [4.69, 9.17) is 5.11 Å². The first-order valence-electron chi connectivity index (χ1n) is 3.95. The fraction of sp³-hybridized carbons (Fsp3) is 0.857. The smallest absolute Gasteiger partial charge is 0.303 e. The van der Waals surface area contributed by atoms with Crippen LogP contribution in [-0.2, 0) is 4.79 Å². The van der Waals surface area contributed by atoms with Gasteiger partial charge in [0.2, 0.25) is 0 Å². The molecule has 72 valence electrons. The zero-order valence-electron chi connectivity index (χ0n) is 6.77. The van der Waals surface area contributed by atoms with Gasteiger partial charge in [-0.3, -0.25) is 13.9 Å². The molecule has 0 aliphatic carbocycles. The molecule has 1 aliphatic heterocycles. The minimum absolute atomic E-state index is 0.141. The lowest BCUT2D eigenvalue weighted by Crippen LogP contribution is -2.22. The third-order valence-corrected chi connectivity index (χ3v) is 3.95. The molecule has 4 nitrogen and oxygen atoms in total. The van der Waals surface area contributed by atoms with Crippen molar-refractivity contribution in [2.75, 3.05) is 11.5 Å². The number of hydrogen-bond donors (Lipinski definition) is 3. The average Bonchev–Trinajstić information content (AvgIpc) is 1.93. The van der Waals surface area contributed by atoms with Crippen molar-refractivity contribution in [3.8, 4) is 0 Å². The standard InChI is InChI=1S/C7H14O4S/c8-7(9)5-6-1-3-12(10,11)4-2-6/h6,10-11H,1-5H2,(H,8,9). The SMILES string of the molecule is O=C(O)CC1CCS(O)(O)CC1. The number of carboxylic acid groups (broad SMARTS) is 1. The van der Waals surface area contributed by atoms with Crippen molar-refractivity contribution in [1.29, 1.82) is 0 Å². The Bertz CT molecular complexity index is 170. The van der Waals surface area contributed by atoms with Gasteiger partial charge < -0.3 is 5.11 Å². The van der Waals surface area contributed by atoms with Crippen molar-refractivity contribution < 1.29 is 19.0 Å². The van der Waals surface area contributed by atoms with E-state index in [2.05, 4.69) is 0 Å². The van der Waals surface area contributed by atoms with Gasteiger partial charge in [-0.25, -0.2) is 0 Å². The summed E-state index contributed by atoms with van der Waals surface area (Å²) in [6.45, 7) is 0. The summed E-state index contributed by atoms with van der Waals surface area (Å²) in [5.74, 6) is 0.108. The number of carbonyl (C=O) groups is 1. The molecule has 0 aromatic rings. The molecule has 0 spiro atoms. The van der Waals surface area contributed by atoms with Gasteiger partial charge in [-0.15, -0.1) is 0 Å². The van der Waals surface area contributed by atoms with Gasteiger partial charge in [0.1, 0.15) is 0 Å². The van der Waals surface area contributed by atoms with E-state index in [1.807, 2.05) is 0 Å². The number of rotatable bonds is 2. The van der Waals surface area contributed by atoms with Crippen LogP contribution in [0.1, 0.15) is 19.3 Å². The van der Waals surface area contributed by atoms with Crippen LogP contribution in [-0.4, -0.2) is 31.7 Å². The summed E-state index contributed by atoms with van der Waals surface area (Å²) < 4.78 is 18.4. The summed E-state index contributed by atoms with van der Waals surface area (Å²) in [5.41, 5.74) is 0. The monoisotopic (exact) mass is 194 g/mol. The van der Waals surface area contributed by atoms with Crippen molar-refractivity contribution in [2.24, 2.45) is 5.92 Å². The van der Waals surface area contributed by atoms with Gasteiger partial charge >= 0.3 is 5.97 Å². The van der Waals surface area contributed by atoms with Crippen molar-refractivity contribution in [3.63, 3.8) is 0 Å². The highest BCUT2D eigenvalue weighted by atomic mass is 32.3. The third kappa shape index (κ3) is 3.00. The molecule has 0 saturated carbocycles. The van der Waals surface area contributed by atoms with Crippen molar-refractivity contribution >= 4 is 16.6 Å². The fourth-order valence-corrected chi connectivity index (χ4v) is 3.03. The van der Waals surface area contributed by atoms with E-state index < -0.39 is 16.6 Å². The lowest BCUT2D eigenvalue weighted by Gasteiger charge is -2.38. The molecule has 5 heteroatoms. The Kier molecular flexibility index (Phi) is 2.98. The third-order valence-electron chi connectivity index (χ3n) is 2.17. The Morgan fingerprint density at radius 3 is 2.25 bits per heavy atom. The number of carboxylic acids is 1. The van der Waals surface area contributed by atoms with Crippen LogP contribution < -0.4 is 0 Å². The molecule has 0 bridgehead atoms. The highest BCUT2D eigenvalue weighted by molar-refractivity contribution is 8.24. The van der Waals surface area contributed by atoms with Gasteiger partial charge in [0.25, 0.3) is 0 Å². The van der Waals surface area contributed by atoms with Gasteiger partial charge in [-0.2, -0.15) is 10.6 Å². The summed E-state index contributed by atoms with van der Waals surface area (Å²) in [7, 11) is -2.34. The van der Waals surface area contributed by atoms with Gasteiger partial charge in [0.05, 0.1) is 0 Å². The molecule has 0 radical (unpaired) electrons. The summed E-state index contributed by atoms with van der Waals surface area (Å²) in [5, 5.41) is 8.48. The van der Waals surface area contributed by atoms with Crippen molar-refractivity contribution in [1.82, 2.24) is 0 Å². The minimum Gasteiger partial charge on any atom is -0.481 e. The van der Waals surface area contributed by atoms with Crippen molar-refractivity contribution in [2.45, 2.75) is 19.3 Å². The maximum Gasteiger partial charge on any atom is 0.303 e. The highest BCUT2D eigenvalue weighted by Gasteiger charge is 2.25. The van der Waals surface area contributed by atoms with Gasteiger partial charge in [0, 0.05) is 17.9 Å². The quantitative estimate of drug-likeness (QED) is 0.624. The fourth-order valence-electron chi connectivity index (χ4n) is 1.41. The Labute approximate surface area is 72.9 Å². The summed E-state index contributed by atoms with van der Waals surface area (Å²) in [6.07, 6.45) is 1.43. The highest BCUT2D eigenvalue weighted by Crippen LogP contribution is 2.46. The number of hydrogen-bond acceptors (Lipinski definition) is 3. The second-order valence-corrected chi connectivity index (χ2v) is 5.67. The first-order valence-corrected chi connectivity index (χ1v) is 5.83. The molecule has 12 heavy (non-hydrogen) atoms. The Hall–Kier alpha value is -0.260. The molecule has 1 heterocycles. The van der Waals surface area contributed by atoms with Crippen LogP contribution in [0.15, 0.2) is 0 Å². The largest absolute Gasteiger partial charge is 0.481 e. The Morgan fingerprint density at radius 2 is 1.83 bits per heavy atom. The van der Waals surface area contributed by atoms with E-state index >= 15 is 0 Å². The van der Waals surface area contributed by atoms with E-state index in [1.165, 1.54) is 0 Å². The first kappa shape index (κ1) is 9.83. The molecule has 0 atom stereocenters. The van der Waals surface area contributed by atoms with Crippen LogP contribution >= 0.6 is 10.6 Å². The lowest BCUT2D eigenvalue weighted by molar-refractivity contribution is -0.138. The van der Waals surface area contributed by atoms with E-state index in [-0.39, 0.29) is 12.3 Å². The average molecular weight is 194 g/mol.